The number of nitrogens with zero attached hydrogens (tertiary/aromatic N) is 2. The average molecular weight is 697 g/mol. The molecule has 0 spiro atoms. The van der Waals surface area contributed by atoms with Crippen molar-refractivity contribution in [3.8, 4) is 5.75 Å². The molecule has 1 saturated carbocycles. The fraction of sp³-hybridized carbons (Fsp3) is 0.256. The first-order chi connectivity index (χ1) is 24.7. The molecule has 0 aromatic heterocycles. The highest BCUT2D eigenvalue weighted by Gasteiger charge is 2.70. The molecule has 3 fully saturated rings. The molecule has 4 amide bonds. The number of anilines is 2. The van der Waals surface area contributed by atoms with Gasteiger partial charge < -0.3 is 5.11 Å². The largest absolute Gasteiger partial charge is 0.507 e. The number of para-hydroxylation sites is 1. The van der Waals surface area contributed by atoms with Crippen molar-refractivity contribution >= 4 is 46.6 Å². The number of phenolic OH excluding ortho intramolecular Hbond substituents is 1. The molecule has 256 valence electrons. The first kappa shape index (κ1) is 32.9. The minimum absolute atomic E-state index is 0.0213. The van der Waals surface area contributed by atoms with Crippen LogP contribution >= 0.6 is 11.6 Å². The summed E-state index contributed by atoms with van der Waals surface area (Å²) in [6.45, 7) is 5.92. The van der Waals surface area contributed by atoms with Gasteiger partial charge in [0.05, 0.1) is 34.5 Å². The van der Waals surface area contributed by atoms with E-state index in [9.17, 15) is 19.5 Å². The number of allylic oxidation sites excluding steroid dienone is 3. The molecule has 8 rings (SSSR count). The molecule has 8 heteroatoms. The van der Waals surface area contributed by atoms with Crippen LogP contribution in [0.25, 0.3) is 0 Å². The molecule has 6 atom stereocenters. The normalized spacial score (nSPS) is 26.9. The molecule has 6 unspecified atom stereocenters. The zero-order valence-corrected chi connectivity index (χ0v) is 28.9. The zero-order chi connectivity index (χ0) is 35.6. The van der Waals surface area contributed by atoms with E-state index in [2.05, 4.69) is 6.58 Å². The van der Waals surface area contributed by atoms with E-state index in [0.717, 1.165) is 17.6 Å². The summed E-state index contributed by atoms with van der Waals surface area (Å²) in [5.41, 5.74) is 3.07. The van der Waals surface area contributed by atoms with Crippen molar-refractivity contribution < 1.29 is 24.3 Å². The van der Waals surface area contributed by atoms with E-state index in [1.807, 2.05) is 85.8 Å². The SMILES string of the molecule is C=CCc1cccc(C2C3=CCC4C(=O)N(c5ccc(CC)cc5)C(=O)C4C3CC3C(=O)N(c4cccc(Cl)c4)C(=O)C32c2ccccc2)c1O. The zero-order valence-electron chi connectivity index (χ0n) is 28.2. The molecule has 7 nitrogen and oxygen atoms in total. The Kier molecular flexibility index (Phi) is 8.06. The molecule has 4 aromatic carbocycles. The number of hydrogen-bond acceptors (Lipinski definition) is 5. The van der Waals surface area contributed by atoms with Crippen molar-refractivity contribution in [2.75, 3.05) is 9.80 Å². The van der Waals surface area contributed by atoms with Crippen molar-refractivity contribution in [2.45, 2.75) is 43.9 Å². The number of carbonyl (C=O) groups is 4. The second-order valence-electron chi connectivity index (χ2n) is 14.0. The predicted molar refractivity (Wildman–Crippen MR) is 196 cm³/mol. The standard InChI is InChI=1S/C43H37ClN2O5/c1-3-10-26-11-8-16-33(38(26)47)37-31-21-22-32-36(41(50)45(39(32)48)29-19-17-25(4-2)18-20-29)34(31)24-35-40(49)46(30-15-9-14-28(44)23-30)42(51)43(35,37)27-12-6-5-7-13-27/h3,5-9,11-21,23,32,34-37,47H,1,4,10,22,24H2,2H3. The Morgan fingerprint density at radius 2 is 1.59 bits per heavy atom. The molecule has 1 N–H and O–H groups in total. The van der Waals surface area contributed by atoms with Gasteiger partial charge in [-0.1, -0.05) is 103 Å². The van der Waals surface area contributed by atoms with E-state index in [4.69, 9.17) is 11.6 Å². The maximum Gasteiger partial charge on any atom is 0.246 e. The number of imide groups is 2. The van der Waals surface area contributed by atoms with E-state index < -0.39 is 46.8 Å². The summed E-state index contributed by atoms with van der Waals surface area (Å²) in [7, 11) is 0. The Labute approximate surface area is 301 Å². The smallest absolute Gasteiger partial charge is 0.246 e. The number of aryl methyl sites for hydroxylation is 1. The maximum atomic E-state index is 15.4. The molecule has 4 aliphatic rings. The van der Waals surface area contributed by atoms with E-state index in [-0.39, 0.29) is 24.0 Å². The number of phenols is 1. The van der Waals surface area contributed by atoms with Crippen molar-refractivity contribution in [3.63, 3.8) is 0 Å². The third kappa shape index (κ3) is 4.78. The van der Waals surface area contributed by atoms with E-state index in [1.54, 1.807) is 30.3 Å². The lowest BCUT2D eigenvalue weighted by Crippen LogP contribution is -2.53. The van der Waals surface area contributed by atoms with Gasteiger partial charge in [-0.15, -0.1) is 6.58 Å². The highest BCUT2D eigenvalue weighted by molar-refractivity contribution is 6.32. The number of fused-ring (bicyclic) bond motifs is 4. The number of amides is 4. The van der Waals surface area contributed by atoms with Gasteiger partial charge in [0.2, 0.25) is 23.6 Å². The number of halogens is 1. The van der Waals surface area contributed by atoms with Gasteiger partial charge >= 0.3 is 0 Å². The van der Waals surface area contributed by atoms with Crippen LogP contribution in [-0.2, 0) is 37.4 Å². The summed E-state index contributed by atoms with van der Waals surface area (Å²) in [6.07, 6.45) is 5.40. The number of benzene rings is 4. The van der Waals surface area contributed by atoms with Crippen LogP contribution in [0.1, 0.15) is 47.9 Å². The second-order valence-corrected chi connectivity index (χ2v) is 14.4. The summed E-state index contributed by atoms with van der Waals surface area (Å²) >= 11 is 6.41. The van der Waals surface area contributed by atoms with E-state index in [1.165, 1.54) is 9.80 Å². The van der Waals surface area contributed by atoms with Crippen molar-refractivity contribution in [3.05, 3.63) is 149 Å². The molecular formula is C43H37ClN2O5. The van der Waals surface area contributed by atoms with Gasteiger partial charge in [0.25, 0.3) is 0 Å². The van der Waals surface area contributed by atoms with Crippen LogP contribution in [0.15, 0.2) is 121 Å². The summed E-state index contributed by atoms with van der Waals surface area (Å²) in [4.78, 5) is 61.5. The highest BCUT2D eigenvalue weighted by atomic mass is 35.5. The van der Waals surface area contributed by atoms with Gasteiger partial charge in [-0.2, -0.15) is 0 Å². The van der Waals surface area contributed by atoms with Crippen molar-refractivity contribution in [2.24, 2.45) is 23.7 Å². The molecular weight excluding hydrogens is 660 g/mol. The van der Waals surface area contributed by atoms with Gasteiger partial charge in [0, 0.05) is 16.5 Å². The molecule has 2 aliphatic heterocycles. The van der Waals surface area contributed by atoms with E-state index in [0.29, 0.717) is 45.9 Å². The minimum Gasteiger partial charge on any atom is -0.507 e. The van der Waals surface area contributed by atoms with Crippen LogP contribution < -0.4 is 9.80 Å². The van der Waals surface area contributed by atoms with Crippen LogP contribution in [0.4, 0.5) is 11.4 Å². The highest BCUT2D eigenvalue weighted by Crippen LogP contribution is 2.65. The summed E-state index contributed by atoms with van der Waals surface area (Å²) in [5, 5.41) is 12.4. The van der Waals surface area contributed by atoms with Crippen LogP contribution in [0.3, 0.4) is 0 Å². The summed E-state index contributed by atoms with van der Waals surface area (Å²) in [5.74, 6) is -4.98. The van der Waals surface area contributed by atoms with Gasteiger partial charge in [-0.25, -0.2) is 4.90 Å². The number of carbonyl (C=O) groups excluding carboxylic acids is 4. The predicted octanol–water partition coefficient (Wildman–Crippen LogP) is 7.70. The Bertz CT molecular complexity index is 2140. The topological polar surface area (TPSA) is 95.0 Å². The molecule has 2 saturated heterocycles. The monoisotopic (exact) mass is 696 g/mol. The summed E-state index contributed by atoms with van der Waals surface area (Å²) < 4.78 is 0. The first-order valence-corrected chi connectivity index (χ1v) is 17.9. The molecule has 0 bridgehead atoms. The quantitative estimate of drug-likeness (QED) is 0.158. The Balaban J connectivity index is 1.35. The average Bonchev–Trinajstić information content (AvgIpc) is 3.53. The third-order valence-corrected chi connectivity index (χ3v) is 11.8. The lowest BCUT2D eigenvalue weighted by atomic mass is 9.49. The Morgan fingerprint density at radius 1 is 0.843 bits per heavy atom. The maximum absolute atomic E-state index is 15.4. The molecule has 4 aromatic rings. The fourth-order valence-electron chi connectivity index (χ4n) is 9.39. The van der Waals surface area contributed by atoms with Crippen molar-refractivity contribution in [1.29, 1.82) is 0 Å². The van der Waals surface area contributed by atoms with Crippen molar-refractivity contribution in [1.82, 2.24) is 0 Å². The first-order valence-electron chi connectivity index (χ1n) is 17.5. The number of aromatic hydroxyl groups is 1. The number of hydrogen-bond donors (Lipinski definition) is 1. The summed E-state index contributed by atoms with van der Waals surface area (Å²) in [6, 6.07) is 29.0. The van der Waals surface area contributed by atoms with Gasteiger partial charge in [0.1, 0.15) is 5.75 Å². The Hall–Kier alpha value is -5.27. The second kappa shape index (κ2) is 12.5. The lowest BCUT2D eigenvalue weighted by Gasteiger charge is -2.50. The molecule has 0 radical (unpaired) electrons. The van der Waals surface area contributed by atoms with E-state index >= 15 is 4.79 Å². The van der Waals surface area contributed by atoms with Gasteiger partial charge in [-0.3, -0.25) is 24.1 Å². The lowest BCUT2D eigenvalue weighted by molar-refractivity contribution is -0.127. The van der Waals surface area contributed by atoms with Crippen LogP contribution in [0.2, 0.25) is 5.02 Å². The molecule has 51 heavy (non-hydrogen) atoms. The molecule has 2 aliphatic carbocycles. The Morgan fingerprint density at radius 3 is 2.29 bits per heavy atom. The van der Waals surface area contributed by atoms with Gasteiger partial charge in [-0.05, 0) is 78.6 Å². The van der Waals surface area contributed by atoms with Crippen LogP contribution in [0, 0.1) is 23.7 Å². The molecule has 2 heterocycles. The minimum atomic E-state index is -1.47. The van der Waals surface area contributed by atoms with Crippen LogP contribution in [0.5, 0.6) is 5.75 Å². The fourth-order valence-corrected chi connectivity index (χ4v) is 9.57. The number of rotatable bonds is 7. The van der Waals surface area contributed by atoms with Crippen LogP contribution in [-0.4, -0.2) is 28.7 Å². The third-order valence-electron chi connectivity index (χ3n) is 11.6. The van der Waals surface area contributed by atoms with Gasteiger partial charge in [0.15, 0.2) is 0 Å².